The molecule has 0 saturated heterocycles. The number of nitriles is 1. The number of ether oxygens (including phenoxy) is 1. The molecule has 2 aromatic carbocycles. The second-order valence-electron chi connectivity index (χ2n) is 5.68. The fourth-order valence-corrected chi connectivity index (χ4v) is 2.62. The van der Waals surface area contributed by atoms with Gasteiger partial charge in [-0.3, -0.25) is 0 Å². The SMILES string of the molecule is N#CC(=CNc1cc(Oc2c(F)cc(C(F)(F)F)cc2F)c(Br)cc1F)c1nn[nH]n1. The molecular weight excluding hydrogens is 498 g/mol. The summed E-state index contributed by atoms with van der Waals surface area (Å²) >= 11 is 2.94. The Bertz CT molecular complexity index is 1170. The number of nitrogens with zero attached hydrogens (tertiary/aromatic N) is 4. The van der Waals surface area contributed by atoms with Crippen molar-refractivity contribution >= 4 is 27.2 Å². The minimum absolute atomic E-state index is 0.0713. The average molecular weight is 505 g/mol. The zero-order valence-electron chi connectivity index (χ0n) is 14.7. The fourth-order valence-electron chi connectivity index (χ4n) is 2.22. The first kappa shape index (κ1) is 22.1. The molecule has 3 rings (SSSR count). The van der Waals surface area contributed by atoms with Gasteiger partial charge in [-0.2, -0.15) is 23.6 Å². The molecule has 0 unspecified atom stereocenters. The van der Waals surface area contributed by atoms with Gasteiger partial charge in [-0.15, -0.1) is 10.2 Å². The lowest BCUT2D eigenvalue weighted by Crippen LogP contribution is -2.07. The van der Waals surface area contributed by atoms with Gasteiger partial charge in [0.2, 0.25) is 5.82 Å². The molecule has 7 nitrogen and oxygen atoms in total. The zero-order valence-corrected chi connectivity index (χ0v) is 16.3. The average Bonchev–Trinajstić information content (AvgIpc) is 3.21. The molecule has 0 saturated carbocycles. The molecule has 0 aliphatic rings. The topological polar surface area (TPSA) is 99.5 Å². The van der Waals surface area contributed by atoms with Crippen molar-refractivity contribution in [1.82, 2.24) is 20.6 Å². The summed E-state index contributed by atoms with van der Waals surface area (Å²) in [6.07, 6.45) is -3.92. The molecule has 0 fully saturated rings. The molecule has 0 aliphatic heterocycles. The number of hydrogen-bond donors (Lipinski definition) is 2. The van der Waals surface area contributed by atoms with Crippen LogP contribution in [0.3, 0.4) is 0 Å². The minimum atomic E-state index is -4.96. The van der Waals surface area contributed by atoms with E-state index in [0.717, 1.165) is 18.3 Å². The van der Waals surface area contributed by atoms with Gasteiger partial charge in [-0.25, -0.2) is 13.2 Å². The summed E-state index contributed by atoms with van der Waals surface area (Å²) in [5.74, 6) is -5.60. The van der Waals surface area contributed by atoms with Crippen molar-refractivity contribution in [2.24, 2.45) is 0 Å². The lowest BCUT2D eigenvalue weighted by atomic mass is 10.2. The zero-order chi connectivity index (χ0) is 22.8. The lowest BCUT2D eigenvalue weighted by Gasteiger charge is -2.14. The first-order chi connectivity index (χ1) is 14.6. The fraction of sp³-hybridized carbons (Fsp3) is 0.0588. The minimum Gasteiger partial charge on any atom is -0.450 e. The third kappa shape index (κ3) is 4.94. The maximum atomic E-state index is 14.2. The van der Waals surface area contributed by atoms with Crippen LogP contribution in [0, 0.1) is 28.8 Å². The van der Waals surface area contributed by atoms with E-state index in [-0.39, 0.29) is 39.4 Å². The Hall–Kier alpha value is -3.60. The number of benzene rings is 2. The number of rotatable bonds is 5. The Balaban J connectivity index is 1.93. The molecule has 1 heterocycles. The summed E-state index contributed by atoms with van der Waals surface area (Å²) in [6, 6.07) is 3.75. The Kier molecular flexibility index (Phi) is 6.16. The van der Waals surface area contributed by atoms with E-state index in [9.17, 15) is 26.3 Å². The molecule has 0 radical (unpaired) electrons. The van der Waals surface area contributed by atoms with Crippen LogP contribution >= 0.6 is 15.9 Å². The summed E-state index contributed by atoms with van der Waals surface area (Å²) in [7, 11) is 0. The van der Waals surface area contributed by atoms with Crippen molar-refractivity contribution in [3.63, 3.8) is 0 Å². The summed E-state index contributed by atoms with van der Waals surface area (Å²) in [5, 5.41) is 24.1. The van der Waals surface area contributed by atoms with E-state index in [1.54, 1.807) is 6.07 Å². The molecule has 31 heavy (non-hydrogen) atoms. The highest BCUT2D eigenvalue weighted by molar-refractivity contribution is 9.10. The number of nitrogens with one attached hydrogen (secondary N) is 2. The van der Waals surface area contributed by atoms with E-state index in [4.69, 9.17) is 10.00 Å². The van der Waals surface area contributed by atoms with Crippen molar-refractivity contribution < 1.29 is 31.1 Å². The monoisotopic (exact) mass is 504 g/mol. The quantitative estimate of drug-likeness (QED) is 0.367. The number of allylic oxidation sites excluding steroid dienone is 1. The van der Waals surface area contributed by atoms with Crippen LogP contribution in [0.1, 0.15) is 11.4 Å². The number of anilines is 1. The number of aromatic amines is 1. The van der Waals surface area contributed by atoms with Crippen LogP contribution in [0.2, 0.25) is 0 Å². The van der Waals surface area contributed by atoms with Gasteiger partial charge in [-0.1, -0.05) is 0 Å². The molecular formula is C17H7BrF6N6O. The van der Waals surface area contributed by atoms with Crippen molar-refractivity contribution in [2.45, 2.75) is 6.18 Å². The normalized spacial score (nSPS) is 11.9. The Morgan fingerprint density at radius 2 is 1.81 bits per heavy atom. The molecule has 160 valence electrons. The molecule has 14 heteroatoms. The van der Waals surface area contributed by atoms with E-state index in [2.05, 4.69) is 41.9 Å². The Labute approximate surface area is 177 Å². The van der Waals surface area contributed by atoms with Crippen LogP contribution < -0.4 is 10.1 Å². The number of aromatic nitrogens is 4. The van der Waals surface area contributed by atoms with Crippen molar-refractivity contribution in [3.05, 3.63) is 63.8 Å². The number of H-pyrrole nitrogens is 1. The standard InChI is InChI=1S/C17H7BrF6N6O/c18-9-3-10(19)13(26-6-7(5-25)16-27-29-30-28-16)4-14(9)31-15-11(20)1-8(2-12(15)21)17(22,23)24/h1-4,6,26H,(H,27,28,29,30). The van der Waals surface area contributed by atoms with E-state index in [1.807, 2.05) is 0 Å². The lowest BCUT2D eigenvalue weighted by molar-refractivity contribution is -0.138. The predicted molar refractivity (Wildman–Crippen MR) is 96.9 cm³/mol. The highest BCUT2D eigenvalue weighted by Crippen LogP contribution is 2.39. The van der Waals surface area contributed by atoms with Gasteiger partial charge in [0, 0.05) is 12.3 Å². The van der Waals surface area contributed by atoms with Gasteiger partial charge in [0.05, 0.1) is 15.7 Å². The third-order valence-corrected chi connectivity index (χ3v) is 4.26. The van der Waals surface area contributed by atoms with E-state index < -0.39 is 34.9 Å². The number of tetrazole rings is 1. The molecule has 2 N–H and O–H groups in total. The second kappa shape index (κ2) is 8.64. The maximum absolute atomic E-state index is 14.2. The van der Waals surface area contributed by atoms with Crippen LogP contribution in [0.25, 0.3) is 5.57 Å². The number of halogens is 7. The van der Waals surface area contributed by atoms with Crippen LogP contribution in [0.15, 0.2) is 34.9 Å². The molecule has 0 amide bonds. The largest absolute Gasteiger partial charge is 0.450 e. The van der Waals surface area contributed by atoms with Crippen molar-refractivity contribution in [2.75, 3.05) is 5.32 Å². The smallest absolute Gasteiger partial charge is 0.416 e. The van der Waals surface area contributed by atoms with E-state index in [0.29, 0.717) is 0 Å². The molecule has 1 aromatic heterocycles. The third-order valence-electron chi connectivity index (χ3n) is 3.64. The van der Waals surface area contributed by atoms with Crippen LogP contribution in [0.5, 0.6) is 11.5 Å². The second-order valence-corrected chi connectivity index (χ2v) is 6.54. The van der Waals surface area contributed by atoms with E-state index in [1.165, 1.54) is 0 Å². The number of alkyl halides is 3. The highest BCUT2D eigenvalue weighted by atomic mass is 79.9. The van der Waals surface area contributed by atoms with Gasteiger partial charge >= 0.3 is 6.18 Å². The van der Waals surface area contributed by atoms with Crippen LogP contribution in [0.4, 0.5) is 32.0 Å². The van der Waals surface area contributed by atoms with Gasteiger partial charge < -0.3 is 10.1 Å². The Morgan fingerprint density at radius 1 is 1.13 bits per heavy atom. The maximum Gasteiger partial charge on any atom is 0.416 e. The summed E-state index contributed by atoms with van der Waals surface area (Å²) < 4.78 is 85.3. The molecule has 0 bridgehead atoms. The molecule has 3 aromatic rings. The van der Waals surface area contributed by atoms with Gasteiger partial charge in [0.25, 0.3) is 0 Å². The first-order valence-electron chi connectivity index (χ1n) is 7.94. The molecule has 0 atom stereocenters. The summed E-state index contributed by atoms with van der Waals surface area (Å²) in [4.78, 5) is 0. The first-order valence-corrected chi connectivity index (χ1v) is 8.73. The van der Waals surface area contributed by atoms with Crippen molar-refractivity contribution in [3.8, 4) is 17.6 Å². The van der Waals surface area contributed by atoms with Crippen LogP contribution in [-0.4, -0.2) is 20.6 Å². The van der Waals surface area contributed by atoms with Gasteiger partial charge in [0.1, 0.15) is 23.2 Å². The summed E-state index contributed by atoms with van der Waals surface area (Å²) in [6.45, 7) is 0. The Morgan fingerprint density at radius 3 is 2.35 bits per heavy atom. The summed E-state index contributed by atoms with van der Waals surface area (Å²) in [5.41, 5.74) is -1.95. The van der Waals surface area contributed by atoms with Gasteiger partial charge in [-0.05, 0) is 39.3 Å². The van der Waals surface area contributed by atoms with Crippen LogP contribution in [-0.2, 0) is 6.18 Å². The number of hydrogen-bond acceptors (Lipinski definition) is 6. The molecule has 0 aliphatic carbocycles. The van der Waals surface area contributed by atoms with Gasteiger partial charge in [0.15, 0.2) is 17.4 Å². The predicted octanol–water partition coefficient (Wildman–Crippen LogP) is 5.17. The highest BCUT2D eigenvalue weighted by Gasteiger charge is 2.33. The molecule has 0 spiro atoms. The van der Waals surface area contributed by atoms with Crippen molar-refractivity contribution in [1.29, 1.82) is 5.26 Å². The van der Waals surface area contributed by atoms with E-state index >= 15 is 0 Å².